The second-order valence-electron chi connectivity index (χ2n) is 6.33. The van der Waals surface area contributed by atoms with Gasteiger partial charge < -0.3 is 19.9 Å². The number of likely N-dealkylation sites (N-methyl/N-ethyl adjacent to an activating group) is 1. The van der Waals surface area contributed by atoms with Crippen molar-refractivity contribution in [2.75, 3.05) is 33.2 Å². The fourth-order valence-corrected chi connectivity index (χ4v) is 3.62. The van der Waals surface area contributed by atoms with E-state index in [9.17, 15) is 4.79 Å². The molecular weight excluding hydrogens is 334 g/mol. The summed E-state index contributed by atoms with van der Waals surface area (Å²) >= 11 is 1.66. The van der Waals surface area contributed by atoms with Gasteiger partial charge in [0.05, 0.1) is 6.54 Å². The van der Waals surface area contributed by atoms with E-state index in [4.69, 9.17) is 4.74 Å². The van der Waals surface area contributed by atoms with Gasteiger partial charge >= 0.3 is 6.03 Å². The molecule has 0 bridgehead atoms. The molecule has 5 nitrogen and oxygen atoms in total. The highest BCUT2D eigenvalue weighted by atomic mass is 32.1. The Morgan fingerprint density at radius 3 is 2.88 bits per heavy atom. The van der Waals surface area contributed by atoms with Crippen LogP contribution in [0.4, 0.5) is 4.79 Å². The predicted octanol–water partition coefficient (Wildman–Crippen LogP) is 3.17. The molecule has 0 atom stereocenters. The number of carbonyl (C=O) groups is 1. The molecule has 0 radical (unpaired) electrons. The van der Waals surface area contributed by atoms with E-state index in [1.54, 1.807) is 11.3 Å². The maximum absolute atomic E-state index is 12.3. The number of urea groups is 1. The molecule has 1 aromatic heterocycles. The average Bonchev–Trinajstić information content (AvgIpc) is 2.98. The van der Waals surface area contributed by atoms with Crippen molar-refractivity contribution in [3.63, 3.8) is 0 Å². The van der Waals surface area contributed by atoms with Crippen LogP contribution in [0.5, 0.6) is 5.75 Å². The average molecular weight is 359 g/mol. The number of amides is 2. The highest BCUT2D eigenvalue weighted by molar-refractivity contribution is 7.10. The van der Waals surface area contributed by atoms with Crippen molar-refractivity contribution in [2.45, 2.75) is 19.6 Å². The lowest BCUT2D eigenvalue weighted by Gasteiger charge is -2.20. The fraction of sp³-hybridized carbons (Fsp3) is 0.421. The molecule has 1 fully saturated rings. The summed E-state index contributed by atoms with van der Waals surface area (Å²) in [6.07, 6.45) is 1.03. The zero-order valence-corrected chi connectivity index (χ0v) is 15.4. The van der Waals surface area contributed by atoms with Crippen LogP contribution in [0.25, 0.3) is 0 Å². The number of thiophene rings is 1. The van der Waals surface area contributed by atoms with Crippen molar-refractivity contribution >= 4 is 17.4 Å². The Kier molecular flexibility index (Phi) is 6.30. The van der Waals surface area contributed by atoms with Crippen LogP contribution in [0.2, 0.25) is 0 Å². The van der Waals surface area contributed by atoms with Crippen molar-refractivity contribution in [1.29, 1.82) is 0 Å². The molecule has 1 saturated heterocycles. The summed E-state index contributed by atoms with van der Waals surface area (Å²) in [4.78, 5) is 17.7. The van der Waals surface area contributed by atoms with E-state index in [1.165, 1.54) is 0 Å². The molecule has 0 aliphatic carbocycles. The minimum atomic E-state index is 0.0331. The number of ether oxygens (including phenoxy) is 1. The second-order valence-corrected chi connectivity index (χ2v) is 7.32. The zero-order chi connectivity index (χ0) is 17.5. The van der Waals surface area contributed by atoms with Crippen LogP contribution in [-0.4, -0.2) is 49.1 Å². The summed E-state index contributed by atoms with van der Waals surface area (Å²) in [6, 6.07) is 11.9. The van der Waals surface area contributed by atoms with Crippen LogP contribution in [0.1, 0.15) is 16.9 Å². The highest BCUT2D eigenvalue weighted by Gasteiger charge is 2.17. The van der Waals surface area contributed by atoms with Gasteiger partial charge in [0.2, 0.25) is 0 Å². The number of rotatable bonds is 5. The topological polar surface area (TPSA) is 44.8 Å². The van der Waals surface area contributed by atoms with Crippen molar-refractivity contribution in [3.8, 4) is 5.75 Å². The Hall–Kier alpha value is -2.05. The smallest absolute Gasteiger partial charge is 0.317 e. The van der Waals surface area contributed by atoms with Crippen LogP contribution >= 0.6 is 11.3 Å². The van der Waals surface area contributed by atoms with Gasteiger partial charge in [-0.25, -0.2) is 4.79 Å². The first kappa shape index (κ1) is 17.8. The third-order valence-electron chi connectivity index (χ3n) is 4.28. The van der Waals surface area contributed by atoms with Crippen LogP contribution in [0, 0.1) is 0 Å². The molecule has 134 valence electrons. The van der Waals surface area contributed by atoms with Gasteiger partial charge in [-0.1, -0.05) is 18.2 Å². The molecule has 1 aliphatic heterocycles. The Morgan fingerprint density at radius 2 is 2.04 bits per heavy atom. The van der Waals surface area contributed by atoms with Crippen LogP contribution in [0.3, 0.4) is 0 Å². The van der Waals surface area contributed by atoms with Crippen molar-refractivity contribution in [3.05, 3.63) is 52.2 Å². The first-order valence-electron chi connectivity index (χ1n) is 8.66. The summed E-state index contributed by atoms with van der Waals surface area (Å²) < 4.78 is 5.76. The molecular formula is C19H25N3O2S. The van der Waals surface area contributed by atoms with Crippen molar-refractivity contribution in [2.24, 2.45) is 0 Å². The largest absolute Gasteiger partial charge is 0.489 e. The molecule has 0 saturated carbocycles. The van der Waals surface area contributed by atoms with Gasteiger partial charge in [0.25, 0.3) is 0 Å². The number of carbonyl (C=O) groups excluding carboxylic acids is 1. The molecule has 2 aromatic rings. The summed E-state index contributed by atoms with van der Waals surface area (Å²) in [5.41, 5.74) is 1.13. The van der Waals surface area contributed by atoms with E-state index in [2.05, 4.69) is 28.7 Å². The quantitative estimate of drug-likeness (QED) is 0.892. The van der Waals surface area contributed by atoms with E-state index in [0.29, 0.717) is 13.2 Å². The Labute approximate surface area is 153 Å². The molecule has 3 rings (SSSR count). The zero-order valence-electron chi connectivity index (χ0n) is 14.6. The van der Waals surface area contributed by atoms with E-state index in [1.807, 2.05) is 35.2 Å². The minimum Gasteiger partial charge on any atom is -0.489 e. The number of hydrogen-bond acceptors (Lipinski definition) is 4. The van der Waals surface area contributed by atoms with Gasteiger partial charge in [-0.2, -0.15) is 0 Å². The summed E-state index contributed by atoms with van der Waals surface area (Å²) in [6.45, 7) is 4.74. The lowest BCUT2D eigenvalue weighted by molar-refractivity contribution is 0.199. The van der Waals surface area contributed by atoms with Gasteiger partial charge in [-0.15, -0.1) is 11.3 Å². The maximum atomic E-state index is 12.3. The first-order valence-corrected chi connectivity index (χ1v) is 9.54. The summed E-state index contributed by atoms with van der Waals surface area (Å²) in [5.74, 6) is 0.870. The van der Waals surface area contributed by atoms with Gasteiger partial charge in [-0.05, 0) is 43.6 Å². The van der Waals surface area contributed by atoms with Crippen molar-refractivity contribution < 1.29 is 9.53 Å². The molecule has 25 heavy (non-hydrogen) atoms. The molecule has 1 aliphatic rings. The SMILES string of the molecule is CN1CCCN(C(=O)NCc2cc(COc3ccccc3)cs2)CC1. The fourth-order valence-electron chi connectivity index (χ4n) is 2.80. The number of nitrogens with zero attached hydrogens (tertiary/aromatic N) is 2. The standard InChI is InChI=1S/C19H25N3O2S/c1-21-8-5-9-22(11-10-21)19(23)20-13-18-12-16(15-25-18)14-24-17-6-3-2-4-7-17/h2-4,6-7,12,15H,5,8-11,13-14H2,1H3,(H,20,23). The molecule has 6 heteroatoms. The lowest BCUT2D eigenvalue weighted by Crippen LogP contribution is -2.41. The monoisotopic (exact) mass is 359 g/mol. The third kappa shape index (κ3) is 5.47. The van der Waals surface area contributed by atoms with Crippen LogP contribution in [-0.2, 0) is 13.2 Å². The number of nitrogens with one attached hydrogen (secondary N) is 1. The lowest BCUT2D eigenvalue weighted by atomic mass is 10.3. The normalized spacial score (nSPS) is 15.6. The van der Waals surface area contributed by atoms with Crippen LogP contribution < -0.4 is 10.1 Å². The Bertz CT molecular complexity index is 674. The van der Waals surface area contributed by atoms with Gasteiger partial charge in [-0.3, -0.25) is 0 Å². The van der Waals surface area contributed by atoms with Gasteiger partial charge in [0, 0.05) is 30.1 Å². The van der Waals surface area contributed by atoms with E-state index in [-0.39, 0.29) is 6.03 Å². The third-order valence-corrected chi connectivity index (χ3v) is 5.26. The molecule has 2 amide bonds. The van der Waals surface area contributed by atoms with E-state index < -0.39 is 0 Å². The Morgan fingerprint density at radius 1 is 1.20 bits per heavy atom. The molecule has 1 N–H and O–H groups in total. The molecule has 2 heterocycles. The van der Waals surface area contributed by atoms with Gasteiger partial charge in [0.1, 0.15) is 12.4 Å². The highest BCUT2D eigenvalue weighted by Crippen LogP contribution is 2.17. The Balaban J connectivity index is 1.44. The number of hydrogen-bond donors (Lipinski definition) is 1. The van der Waals surface area contributed by atoms with E-state index in [0.717, 1.165) is 48.8 Å². The molecule has 0 spiro atoms. The minimum absolute atomic E-state index is 0.0331. The second kappa shape index (κ2) is 8.87. The predicted molar refractivity (Wildman–Crippen MR) is 101 cm³/mol. The molecule has 1 aromatic carbocycles. The van der Waals surface area contributed by atoms with Gasteiger partial charge in [0.15, 0.2) is 0 Å². The summed E-state index contributed by atoms with van der Waals surface area (Å²) in [5, 5.41) is 5.13. The summed E-state index contributed by atoms with van der Waals surface area (Å²) in [7, 11) is 2.10. The van der Waals surface area contributed by atoms with Crippen molar-refractivity contribution in [1.82, 2.24) is 15.1 Å². The molecule has 0 unspecified atom stereocenters. The number of benzene rings is 1. The number of para-hydroxylation sites is 1. The van der Waals surface area contributed by atoms with Crippen LogP contribution in [0.15, 0.2) is 41.8 Å². The first-order chi connectivity index (χ1) is 12.2. The maximum Gasteiger partial charge on any atom is 0.317 e. The van der Waals surface area contributed by atoms with E-state index >= 15 is 0 Å².